The SMILES string of the molecule is O=C1NCCCC[C@H]1Sc1nc(C2CC2)n(-c2ccccc2)n1. The van der Waals surface area contributed by atoms with Crippen molar-refractivity contribution in [3.8, 4) is 5.69 Å². The summed E-state index contributed by atoms with van der Waals surface area (Å²) >= 11 is 1.51. The Labute approximate surface area is 139 Å². The zero-order valence-electron chi connectivity index (χ0n) is 12.9. The fourth-order valence-corrected chi connectivity index (χ4v) is 3.87. The van der Waals surface area contributed by atoms with Gasteiger partial charge >= 0.3 is 0 Å². The van der Waals surface area contributed by atoms with E-state index < -0.39 is 0 Å². The van der Waals surface area contributed by atoms with Crippen LogP contribution in [0.2, 0.25) is 0 Å². The first-order chi connectivity index (χ1) is 11.3. The van der Waals surface area contributed by atoms with Crippen LogP contribution in [0.15, 0.2) is 35.5 Å². The molecule has 5 nitrogen and oxygen atoms in total. The van der Waals surface area contributed by atoms with Crippen LogP contribution in [0, 0.1) is 0 Å². The van der Waals surface area contributed by atoms with E-state index in [9.17, 15) is 4.79 Å². The van der Waals surface area contributed by atoms with E-state index >= 15 is 0 Å². The maximum Gasteiger partial charge on any atom is 0.233 e. The maximum absolute atomic E-state index is 12.1. The van der Waals surface area contributed by atoms with Crippen LogP contribution in [0.4, 0.5) is 0 Å². The summed E-state index contributed by atoms with van der Waals surface area (Å²) in [5.74, 6) is 1.67. The Morgan fingerprint density at radius 3 is 2.74 bits per heavy atom. The number of hydrogen-bond acceptors (Lipinski definition) is 4. The van der Waals surface area contributed by atoms with E-state index in [4.69, 9.17) is 4.98 Å². The molecule has 1 aromatic carbocycles. The summed E-state index contributed by atoms with van der Waals surface area (Å²) in [6, 6.07) is 10.1. The number of para-hydroxylation sites is 1. The number of benzene rings is 1. The highest BCUT2D eigenvalue weighted by Gasteiger charge is 2.31. The second-order valence-electron chi connectivity index (χ2n) is 6.17. The summed E-state index contributed by atoms with van der Waals surface area (Å²) in [6.45, 7) is 0.787. The number of rotatable bonds is 4. The van der Waals surface area contributed by atoms with Crippen LogP contribution in [0.1, 0.15) is 43.8 Å². The number of thioether (sulfide) groups is 1. The van der Waals surface area contributed by atoms with Gasteiger partial charge in [-0.25, -0.2) is 9.67 Å². The van der Waals surface area contributed by atoms with E-state index in [1.165, 1.54) is 24.6 Å². The van der Waals surface area contributed by atoms with Gasteiger partial charge in [-0.15, -0.1) is 5.10 Å². The van der Waals surface area contributed by atoms with E-state index in [0.717, 1.165) is 42.5 Å². The van der Waals surface area contributed by atoms with Crippen molar-refractivity contribution in [2.24, 2.45) is 0 Å². The van der Waals surface area contributed by atoms with Gasteiger partial charge in [0.05, 0.1) is 10.9 Å². The van der Waals surface area contributed by atoms with Crippen molar-refractivity contribution >= 4 is 17.7 Å². The quantitative estimate of drug-likeness (QED) is 0.937. The minimum Gasteiger partial charge on any atom is -0.355 e. The molecule has 0 radical (unpaired) electrons. The molecule has 120 valence electrons. The molecule has 6 heteroatoms. The molecule has 4 rings (SSSR count). The third kappa shape index (κ3) is 3.27. The molecule has 0 bridgehead atoms. The molecule has 23 heavy (non-hydrogen) atoms. The van der Waals surface area contributed by atoms with Gasteiger partial charge in [0.25, 0.3) is 0 Å². The van der Waals surface area contributed by atoms with Gasteiger partial charge in [-0.2, -0.15) is 0 Å². The fourth-order valence-electron chi connectivity index (χ4n) is 2.87. The first-order valence-corrected chi connectivity index (χ1v) is 9.16. The average molecular weight is 328 g/mol. The average Bonchev–Trinajstić information content (AvgIpc) is 3.36. The molecule has 2 aliphatic rings. The van der Waals surface area contributed by atoms with Crippen LogP contribution in [0.5, 0.6) is 0 Å². The van der Waals surface area contributed by atoms with Gasteiger partial charge in [0, 0.05) is 12.5 Å². The van der Waals surface area contributed by atoms with Crippen LogP contribution in [0.3, 0.4) is 0 Å². The standard InChI is InChI=1S/C17H20N4OS/c22-16-14(8-4-5-11-18-16)23-17-19-15(12-9-10-12)21(20-17)13-6-2-1-3-7-13/h1-3,6-7,12,14H,4-5,8-11H2,(H,18,22)/t14-/m1/s1. The van der Waals surface area contributed by atoms with Crippen molar-refractivity contribution < 1.29 is 4.79 Å². The Hall–Kier alpha value is -1.82. The maximum atomic E-state index is 12.1. The zero-order valence-corrected chi connectivity index (χ0v) is 13.8. The molecule has 2 heterocycles. The molecule has 1 atom stereocenters. The predicted molar refractivity (Wildman–Crippen MR) is 89.8 cm³/mol. The molecular formula is C17H20N4OS. The summed E-state index contributed by atoms with van der Waals surface area (Å²) in [5.41, 5.74) is 1.04. The van der Waals surface area contributed by atoms with Crippen molar-refractivity contribution in [1.82, 2.24) is 20.1 Å². The smallest absolute Gasteiger partial charge is 0.233 e. The molecule has 2 fully saturated rings. The van der Waals surface area contributed by atoms with E-state index in [0.29, 0.717) is 5.92 Å². The fraction of sp³-hybridized carbons (Fsp3) is 0.471. The predicted octanol–water partition coefficient (Wildman–Crippen LogP) is 2.91. The molecule has 2 aromatic rings. The van der Waals surface area contributed by atoms with Gasteiger partial charge in [-0.1, -0.05) is 36.4 Å². The molecule has 1 aliphatic carbocycles. The molecule has 1 saturated heterocycles. The molecule has 1 aromatic heterocycles. The lowest BCUT2D eigenvalue weighted by molar-refractivity contribution is -0.120. The summed E-state index contributed by atoms with van der Waals surface area (Å²) in [4.78, 5) is 16.9. The van der Waals surface area contributed by atoms with E-state index in [1.807, 2.05) is 35.0 Å². The van der Waals surface area contributed by atoms with E-state index in [1.54, 1.807) is 0 Å². The minimum absolute atomic E-state index is 0.0730. The lowest BCUT2D eigenvalue weighted by Crippen LogP contribution is -2.30. The van der Waals surface area contributed by atoms with Gasteiger partial charge < -0.3 is 5.32 Å². The summed E-state index contributed by atoms with van der Waals surface area (Å²) < 4.78 is 1.95. The van der Waals surface area contributed by atoms with Crippen LogP contribution in [-0.2, 0) is 4.79 Å². The topological polar surface area (TPSA) is 59.8 Å². The lowest BCUT2D eigenvalue weighted by Gasteiger charge is -2.09. The third-order valence-corrected chi connectivity index (χ3v) is 5.41. The zero-order chi connectivity index (χ0) is 15.6. The monoisotopic (exact) mass is 328 g/mol. The third-order valence-electron chi connectivity index (χ3n) is 4.29. The van der Waals surface area contributed by atoms with Gasteiger partial charge in [0.15, 0.2) is 0 Å². The Balaban J connectivity index is 1.61. The molecule has 1 amide bonds. The molecule has 1 aliphatic heterocycles. The molecule has 1 saturated carbocycles. The van der Waals surface area contributed by atoms with Crippen LogP contribution in [0.25, 0.3) is 5.69 Å². The van der Waals surface area contributed by atoms with E-state index in [2.05, 4.69) is 10.4 Å². The Bertz CT molecular complexity index is 696. The highest BCUT2D eigenvalue weighted by Crippen LogP contribution is 2.40. The summed E-state index contributed by atoms with van der Waals surface area (Å²) in [7, 11) is 0. The van der Waals surface area contributed by atoms with Gasteiger partial charge in [0.1, 0.15) is 5.82 Å². The Morgan fingerprint density at radius 1 is 1.13 bits per heavy atom. The normalized spacial score (nSPS) is 21.7. The number of nitrogens with one attached hydrogen (secondary N) is 1. The van der Waals surface area contributed by atoms with Crippen molar-refractivity contribution in [3.63, 3.8) is 0 Å². The summed E-state index contributed by atoms with van der Waals surface area (Å²) in [6.07, 6.45) is 5.39. The molecular weight excluding hydrogens is 308 g/mol. The lowest BCUT2D eigenvalue weighted by atomic mass is 10.2. The van der Waals surface area contributed by atoms with E-state index in [-0.39, 0.29) is 11.2 Å². The highest BCUT2D eigenvalue weighted by atomic mass is 32.2. The molecule has 1 N–H and O–H groups in total. The number of nitrogens with zero attached hydrogens (tertiary/aromatic N) is 3. The van der Waals surface area contributed by atoms with Crippen LogP contribution in [-0.4, -0.2) is 32.5 Å². The number of carbonyl (C=O) groups is 1. The first-order valence-electron chi connectivity index (χ1n) is 8.28. The van der Waals surface area contributed by atoms with Crippen molar-refractivity contribution in [2.45, 2.75) is 48.4 Å². The number of aromatic nitrogens is 3. The first kappa shape index (κ1) is 14.8. The van der Waals surface area contributed by atoms with Gasteiger partial charge in [-0.3, -0.25) is 4.79 Å². The second-order valence-corrected chi connectivity index (χ2v) is 7.34. The van der Waals surface area contributed by atoms with Gasteiger partial charge in [0.2, 0.25) is 11.1 Å². The number of hydrogen-bond donors (Lipinski definition) is 1. The largest absolute Gasteiger partial charge is 0.355 e. The second kappa shape index (κ2) is 6.35. The number of carbonyl (C=O) groups excluding carboxylic acids is 1. The van der Waals surface area contributed by atoms with Crippen molar-refractivity contribution in [1.29, 1.82) is 0 Å². The molecule has 0 spiro atoms. The van der Waals surface area contributed by atoms with Crippen LogP contribution < -0.4 is 5.32 Å². The van der Waals surface area contributed by atoms with Gasteiger partial charge in [-0.05, 0) is 37.8 Å². The summed E-state index contributed by atoms with van der Waals surface area (Å²) in [5, 5.41) is 8.32. The van der Waals surface area contributed by atoms with Crippen LogP contribution >= 0.6 is 11.8 Å². The highest BCUT2D eigenvalue weighted by molar-refractivity contribution is 8.00. The Morgan fingerprint density at radius 2 is 1.96 bits per heavy atom. The molecule has 0 unspecified atom stereocenters. The minimum atomic E-state index is -0.0730. The van der Waals surface area contributed by atoms with Crippen molar-refractivity contribution in [3.05, 3.63) is 36.2 Å². The number of amides is 1. The van der Waals surface area contributed by atoms with Crippen molar-refractivity contribution in [2.75, 3.05) is 6.54 Å². The Kier molecular flexibility index (Phi) is 4.08.